The van der Waals surface area contributed by atoms with E-state index in [1.807, 2.05) is 31.2 Å². The molecule has 0 bridgehead atoms. The highest BCUT2D eigenvalue weighted by Crippen LogP contribution is 2.45. The lowest BCUT2D eigenvalue weighted by Gasteiger charge is -2.35. The van der Waals surface area contributed by atoms with Crippen molar-refractivity contribution in [2.75, 3.05) is 12.4 Å². The summed E-state index contributed by atoms with van der Waals surface area (Å²) in [5.74, 6) is -0.109. The first-order valence-electron chi connectivity index (χ1n) is 11.4. The molecule has 2 aliphatic rings. The molecule has 9 heteroatoms. The van der Waals surface area contributed by atoms with Crippen LogP contribution in [0.3, 0.4) is 0 Å². The molecule has 34 heavy (non-hydrogen) atoms. The van der Waals surface area contributed by atoms with Crippen molar-refractivity contribution >= 4 is 22.6 Å². The molecule has 2 atom stereocenters. The summed E-state index contributed by atoms with van der Waals surface area (Å²) in [5.41, 5.74) is 0.914. The summed E-state index contributed by atoms with van der Waals surface area (Å²) in [6, 6.07) is 7.50. The summed E-state index contributed by atoms with van der Waals surface area (Å²) < 4.78 is 12.1. The number of aromatic nitrogens is 2. The average Bonchev–Trinajstić information content (AvgIpc) is 3.20. The second kappa shape index (κ2) is 8.11. The Morgan fingerprint density at radius 1 is 1.29 bits per heavy atom. The van der Waals surface area contributed by atoms with E-state index < -0.39 is 17.8 Å². The van der Waals surface area contributed by atoms with E-state index in [4.69, 9.17) is 14.5 Å². The second-order valence-corrected chi connectivity index (χ2v) is 8.76. The molecule has 0 aliphatic carbocycles. The monoisotopic (exact) mass is 465 g/mol. The van der Waals surface area contributed by atoms with Gasteiger partial charge in [-0.2, -0.15) is 0 Å². The fourth-order valence-corrected chi connectivity index (χ4v) is 4.92. The molecule has 4 heterocycles. The molecule has 0 radical (unpaired) electrons. The minimum absolute atomic E-state index is 0.0120. The van der Waals surface area contributed by atoms with Gasteiger partial charge in [0, 0.05) is 16.5 Å². The molecule has 0 saturated heterocycles. The predicted octanol–water partition coefficient (Wildman–Crippen LogP) is 2.62. The van der Waals surface area contributed by atoms with Crippen LogP contribution in [0, 0.1) is 0 Å². The van der Waals surface area contributed by atoms with E-state index in [0.717, 1.165) is 10.9 Å². The molecule has 1 aromatic carbocycles. The summed E-state index contributed by atoms with van der Waals surface area (Å²) in [5, 5.41) is 26.0. The maximum Gasteiger partial charge on any atom is 0.343 e. The van der Waals surface area contributed by atoms with Crippen LogP contribution >= 0.6 is 0 Å². The van der Waals surface area contributed by atoms with Gasteiger partial charge in [0.05, 0.1) is 41.8 Å². The number of carbonyl (C=O) groups is 1. The number of methoxy groups -OCH3 is 1. The van der Waals surface area contributed by atoms with E-state index in [0.29, 0.717) is 41.2 Å². The molecule has 3 N–H and O–H groups in total. The van der Waals surface area contributed by atoms with Crippen LogP contribution in [0.5, 0.6) is 5.75 Å². The van der Waals surface area contributed by atoms with E-state index in [2.05, 4.69) is 5.32 Å². The maximum atomic E-state index is 13.6. The van der Waals surface area contributed by atoms with Crippen molar-refractivity contribution in [1.29, 1.82) is 0 Å². The first-order chi connectivity index (χ1) is 16.3. The zero-order valence-corrected chi connectivity index (χ0v) is 19.3. The van der Waals surface area contributed by atoms with Crippen LogP contribution in [0.2, 0.25) is 0 Å². The van der Waals surface area contributed by atoms with Crippen LogP contribution in [0.25, 0.3) is 22.3 Å². The van der Waals surface area contributed by atoms with E-state index in [9.17, 15) is 19.8 Å². The highest BCUT2D eigenvalue weighted by molar-refractivity contribution is 5.92. The molecular weight excluding hydrogens is 438 g/mol. The standard InChI is InChI=1S/C25H27N3O6/c1-4-6-18(29)27-21-19-16(12-34-24(31)25(19,32)5-2)23(30)28-11-14-9-13-10-15(33-3)7-8-17(13)26-20(14)22(21)28/h7-10,18,27,29,32H,4-6,11-12H2,1-3H3/t18?,25-/m0/s1. The molecule has 0 saturated carbocycles. The molecule has 0 spiro atoms. The number of aliphatic hydroxyl groups is 2. The van der Waals surface area contributed by atoms with E-state index >= 15 is 0 Å². The summed E-state index contributed by atoms with van der Waals surface area (Å²) in [4.78, 5) is 31.1. The van der Waals surface area contributed by atoms with E-state index in [1.54, 1.807) is 18.6 Å². The van der Waals surface area contributed by atoms with Gasteiger partial charge in [-0.25, -0.2) is 9.78 Å². The number of carbonyl (C=O) groups excluding carboxylic acids is 1. The van der Waals surface area contributed by atoms with Gasteiger partial charge in [-0.3, -0.25) is 4.79 Å². The number of hydrogen-bond donors (Lipinski definition) is 3. The van der Waals surface area contributed by atoms with Gasteiger partial charge in [0.2, 0.25) is 0 Å². The van der Waals surface area contributed by atoms with Gasteiger partial charge in [0.15, 0.2) is 5.60 Å². The largest absolute Gasteiger partial charge is 0.497 e. The lowest BCUT2D eigenvalue weighted by Crippen LogP contribution is -2.45. The first-order valence-corrected chi connectivity index (χ1v) is 11.4. The number of anilines is 1. The van der Waals surface area contributed by atoms with Crippen molar-refractivity contribution in [3.63, 3.8) is 0 Å². The van der Waals surface area contributed by atoms with Crippen LogP contribution in [0.1, 0.15) is 49.8 Å². The van der Waals surface area contributed by atoms with Gasteiger partial charge in [-0.05, 0) is 37.1 Å². The minimum atomic E-state index is -2.01. The lowest BCUT2D eigenvalue weighted by atomic mass is 9.84. The zero-order chi connectivity index (χ0) is 24.2. The molecule has 1 unspecified atom stereocenters. The Balaban J connectivity index is 1.82. The van der Waals surface area contributed by atoms with Crippen molar-refractivity contribution < 1.29 is 24.5 Å². The fourth-order valence-electron chi connectivity index (χ4n) is 4.92. The van der Waals surface area contributed by atoms with Crippen LogP contribution in [0.4, 0.5) is 5.69 Å². The minimum Gasteiger partial charge on any atom is -0.497 e. The lowest BCUT2D eigenvalue weighted by molar-refractivity contribution is -0.172. The summed E-state index contributed by atoms with van der Waals surface area (Å²) >= 11 is 0. The number of fused-ring (bicyclic) bond motifs is 5. The van der Waals surface area contributed by atoms with Crippen LogP contribution in [-0.2, 0) is 28.3 Å². The Labute approximate surface area is 196 Å². The third-order valence-corrected chi connectivity index (χ3v) is 6.70. The normalized spacial score (nSPS) is 19.3. The van der Waals surface area contributed by atoms with Crippen molar-refractivity contribution in [3.8, 4) is 17.1 Å². The number of benzene rings is 1. The number of esters is 1. The van der Waals surface area contributed by atoms with Gasteiger partial charge < -0.3 is 29.6 Å². The molecule has 3 aromatic rings. The quantitative estimate of drug-likeness (QED) is 0.293. The summed E-state index contributed by atoms with van der Waals surface area (Å²) in [6.07, 6.45) is 0.231. The highest BCUT2D eigenvalue weighted by atomic mass is 16.6. The maximum absolute atomic E-state index is 13.6. The Kier molecular flexibility index (Phi) is 5.33. The Bertz CT molecular complexity index is 1380. The molecule has 0 amide bonds. The average molecular weight is 466 g/mol. The Morgan fingerprint density at radius 3 is 2.79 bits per heavy atom. The number of ether oxygens (including phenoxy) is 2. The van der Waals surface area contributed by atoms with E-state index in [1.165, 1.54) is 0 Å². The van der Waals surface area contributed by atoms with Gasteiger partial charge in [-0.1, -0.05) is 20.3 Å². The van der Waals surface area contributed by atoms with Crippen LogP contribution < -0.4 is 15.6 Å². The fraction of sp³-hybridized carbons (Fsp3) is 0.400. The molecule has 9 nitrogen and oxygen atoms in total. The number of pyridine rings is 2. The van der Waals surface area contributed by atoms with Gasteiger partial charge in [0.1, 0.15) is 18.6 Å². The topological polar surface area (TPSA) is 123 Å². The summed E-state index contributed by atoms with van der Waals surface area (Å²) in [7, 11) is 1.60. The highest BCUT2D eigenvalue weighted by Gasteiger charge is 2.48. The molecule has 2 aromatic heterocycles. The predicted molar refractivity (Wildman–Crippen MR) is 126 cm³/mol. The molecular formula is C25H27N3O6. The number of nitrogens with one attached hydrogen (secondary N) is 1. The van der Waals surface area contributed by atoms with Crippen LogP contribution in [0.15, 0.2) is 29.1 Å². The molecule has 178 valence electrons. The third kappa shape index (κ3) is 3.19. The zero-order valence-electron chi connectivity index (χ0n) is 19.3. The second-order valence-electron chi connectivity index (χ2n) is 8.76. The Morgan fingerprint density at radius 2 is 2.09 bits per heavy atom. The molecule has 0 fully saturated rings. The number of hydrogen-bond acceptors (Lipinski definition) is 8. The smallest absolute Gasteiger partial charge is 0.343 e. The van der Waals surface area contributed by atoms with E-state index in [-0.39, 0.29) is 36.3 Å². The third-order valence-electron chi connectivity index (χ3n) is 6.70. The van der Waals surface area contributed by atoms with Gasteiger partial charge in [0.25, 0.3) is 5.56 Å². The number of cyclic esters (lactones) is 1. The molecule has 2 aliphatic heterocycles. The van der Waals surface area contributed by atoms with Crippen molar-refractivity contribution in [2.45, 2.75) is 58.1 Å². The van der Waals surface area contributed by atoms with Crippen molar-refractivity contribution in [2.24, 2.45) is 0 Å². The summed E-state index contributed by atoms with van der Waals surface area (Å²) in [6.45, 7) is 3.63. The van der Waals surface area contributed by atoms with Gasteiger partial charge in [-0.15, -0.1) is 0 Å². The molecule has 5 rings (SSSR count). The number of aliphatic hydroxyl groups excluding tert-OH is 1. The number of rotatable bonds is 6. The first kappa shape index (κ1) is 22.4. The Hall–Kier alpha value is -3.43. The van der Waals surface area contributed by atoms with Crippen molar-refractivity contribution in [1.82, 2.24) is 9.55 Å². The van der Waals surface area contributed by atoms with Gasteiger partial charge >= 0.3 is 5.97 Å². The SMILES string of the molecule is CCCC(O)Nc1c2c(c(=O)n3c1-c1nc4ccc(OC)cc4cc1C3)COC(=O)[C@]2(O)CC. The van der Waals surface area contributed by atoms with Crippen molar-refractivity contribution in [3.05, 3.63) is 51.3 Å². The number of nitrogens with zero attached hydrogens (tertiary/aromatic N) is 2. The van der Waals surface area contributed by atoms with Crippen LogP contribution in [-0.4, -0.2) is 39.1 Å².